The lowest BCUT2D eigenvalue weighted by molar-refractivity contribution is 0.0693. The van der Waals surface area contributed by atoms with Gasteiger partial charge < -0.3 is 20.1 Å². The molecule has 1 saturated heterocycles. The summed E-state index contributed by atoms with van der Waals surface area (Å²) in [5, 5.41) is 18.0. The summed E-state index contributed by atoms with van der Waals surface area (Å²) in [6.45, 7) is 4.94. The number of benzene rings is 1. The van der Waals surface area contributed by atoms with Crippen LogP contribution in [0.4, 0.5) is 0 Å². The Morgan fingerprint density at radius 2 is 2.00 bits per heavy atom. The summed E-state index contributed by atoms with van der Waals surface area (Å²) >= 11 is 0. The second kappa shape index (κ2) is 11.2. The Morgan fingerprint density at radius 3 is 2.75 bits per heavy atom. The van der Waals surface area contributed by atoms with E-state index in [4.69, 9.17) is 4.74 Å². The van der Waals surface area contributed by atoms with Crippen molar-refractivity contribution in [1.29, 1.82) is 0 Å². The third-order valence-electron chi connectivity index (χ3n) is 5.19. The van der Waals surface area contributed by atoms with Gasteiger partial charge in [0.25, 0.3) is 0 Å². The van der Waals surface area contributed by atoms with Crippen molar-refractivity contribution < 1.29 is 9.84 Å². The van der Waals surface area contributed by atoms with Crippen LogP contribution in [0.15, 0.2) is 36.7 Å². The van der Waals surface area contributed by atoms with Gasteiger partial charge in [0.1, 0.15) is 18.5 Å². The molecule has 0 amide bonds. The zero-order valence-electron chi connectivity index (χ0n) is 17.0. The molecule has 28 heavy (non-hydrogen) atoms. The molecule has 2 N–H and O–H groups in total. The first-order chi connectivity index (χ1) is 13.7. The molecule has 0 saturated carbocycles. The molecule has 1 unspecified atom stereocenters. The Balaban J connectivity index is 1.36. The summed E-state index contributed by atoms with van der Waals surface area (Å²) in [4.78, 5) is 2.36. The zero-order valence-corrected chi connectivity index (χ0v) is 17.0. The Bertz CT molecular complexity index is 695. The summed E-state index contributed by atoms with van der Waals surface area (Å²) in [7, 11) is 1.94. The van der Waals surface area contributed by atoms with Gasteiger partial charge in [-0.1, -0.05) is 25.0 Å². The third-order valence-corrected chi connectivity index (χ3v) is 5.19. The van der Waals surface area contributed by atoms with Crippen LogP contribution in [0, 0.1) is 0 Å². The van der Waals surface area contributed by atoms with E-state index < -0.39 is 6.10 Å². The van der Waals surface area contributed by atoms with Crippen LogP contribution < -0.4 is 10.1 Å². The highest BCUT2D eigenvalue weighted by Crippen LogP contribution is 2.14. The lowest BCUT2D eigenvalue weighted by Gasteiger charge is -2.23. The van der Waals surface area contributed by atoms with Gasteiger partial charge in [0, 0.05) is 26.3 Å². The summed E-state index contributed by atoms with van der Waals surface area (Å²) in [6, 6.07) is 8.11. The molecule has 0 bridgehead atoms. The van der Waals surface area contributed by atoms with Crippen molar-refractivity contribution in [3.05, 3.63) is 47.8 Å². The lowest BCUT2D eigenvalue weighted by Crippen LogP contribution is -2.36. The largest absolute Gasteiger partial charge is 0.491 e. The van der Waals surface area contributed by atoms with Gasteiger partial charge >= 0.3 is 0 Å². The molecule has 1 fully saturated rings. The van der Waals surface area contributed by atoms with Crippen molar-refractivity contribution in [3.8, 4) is 5.75 Å². The van der Waals surface area contributed by atoms with Crippen molar-refractivity contribution >= 4 is 0 Å². The summed E-state index contributed by atoms with van der Waals surface area (Å²) in [5.41, 5.74) is 2.43. The monoisotopic (exact) mass is 386 g/mol. The number of nitrogens with one attached hydrogen (secondary N) is 1. The zero-order chi connectivity index (χ0) is 19.6. The van der Waals surface area contributed by atoms with Crippen LogP contribution in [0.1, 0.15) is 36.8 Å². The summed E-state index contributed by atoms with van der Waals surface area (Å²) < 4.78 is 7.67. The highest BCUT2D eigenvalue weighted by molar-refractivity contribution is 5.28. The molecule has 6 heteroatoms. The third kappa shape index (κ3) is 7.26. The van der Waals surface area contributed by atoms with E-state index in [1.807, 2.05) is 36.3 Å². The van der Waals surface area contributed by atoms with Gasteiger partial charge in [0.05, 0.1) is 6.20 Å². The minimum atomic E-state index is -0.445. The smallest absolute Gasteiger partial charge is 0.119 e. The molecule has 0 radical (unpaired) electrons. The maximum absolute atomic E-state index is 10.3. The minimum absolute atomic E-state index is 0.342. The molecule has 6 nitrogen and oxygen atoms in total. The highest BCUT2D eigenvalue weighted by Gasteiger charge is 2.14. The van der Waals surface area contributed by atoms with Crippen molar-refractivity contribution in [2.75, 3.05) is 32.8 Å². The molecule has 154 valence electrons. The first kappa shape index (κ1) is 20.8. The number of aryl methyl sites for hydroxylation is 1. The quantitative estimate of drug-likeness (QED) is 0.614. The SMILES string of the molecule is Cn1cc(CCNCc2cccc(OCC(O)CN3CCCCCC3)c2)cn1. The van der Waals surface area contributed by atoms with Crippen LogP contribution in [0.25, 0.3) is 0 Å². The van der Waals surface area contributed by atoms with Gasteiger partial charge in [-0.2, -0.15) is 5.10 Å². The standard InChI is InChI=1S/C22H34N4O2/c1-25-16-20(15-24-25)9-10-23-14-19-7-6-8-22(13-19)28-18-21(27)17-26-11-4-2-3-5-12-26/h6-8,13,15-16,21,23,27H,2-5,9-12,14,17-18H2,1H3. The van der Waals surface area contributed by atoms with E-state index in [1.165, 1.54) is 36.8 Å². The maximum atomic E-state index is 10.3. The van der Waals surface area contributed by atoms with Crippen LogP contribution in [-0.4, -0.2) is 58.7 Å². The van der Waals surface area contributed by atoms with E-state index >= 15 is 0 Å². The lowest BCUT2D eigenvalue weighted by atomic mass is 10.2. The van der Waals surface area contributed by atoms with E-state index in [-0.39, 0.29) is 0 Å². The number of rotatable bonds is 10. The Labute approximate surface area is 168 Å². The highest BCUT2D eigenvalue weighted by atomic mass is 16.5. The molecule has 1 aromatic carbocycles. The van der Waals surface area contributed by atoms with Gasteiger partial charge in [-0.15, -0.1) is 0 Å². The van der Waals surface area contributed by atoms with Crippen LogP contribution in [0.5, 0.6) is 5.75 Å². The van der Waals surface area contributed by atoms with Gasteiger partial charge in [-0.25, -0.2) is 0 Å². The fourth-order valence-corrected chi connectivity index (χ4v) is 3.67. The minimum Gasteiger partial charge on any atom is -0.491 e. The fourth-order valence-electron chi connectivity index (χ4n) is 3.67. The van der Waals surface area contributed by atoms with E-state index in [1.54, 1.807) is 0 Å². The number of likely N-dealkylation sites (tertiary alicyclic amines) is 1. The number of β-amino-alcohol motifs (C(OH)–C–C–N with tert-alkyl or cyclic N) is 1. The van der Waals surface area contributed by atoms with Gasteiger partial charge in [0.2, 0.25) is 0 Å². The number of aliphatic hydroxyl groups excluding tert-OH is 1. The normalized spacial score (nSPS) is 16.6. The Hall–Kier alpha value is -1.89. The van der Waals surface area contributed by atoms with Crippen LogP contribution in [0.3, 0.4) is 0 Å². The second-order valence-electron chi connectivity index (χ2n) is 7.78. The van der Waals surface area contributed by atoms with Crippen molar-refractivity contribution in [2.45, 2.75) is 44.8 Å². The van der Waals surface area contributed by atoms with Crippen molar-refractivity contribution in [2.24, 2.45) is 7.05 Å². The predicted octanol–water partition coefficient (Wildman–Crippen LogP) is 2.37. The number of aromatic nitrogens is 2. The number of nitrogens with zero attached hydrogens (tertiary/aromatic N) is 3. The topological polar surface area (TPSA) is 62.6 Å². The number of ether oxygens (including phenoxy) is 1. The number of aliphatic hydroxyl groups is 1. The van der Waals surface area contributed by atoms with E-state index in [0.29, 0.717) is 13.2 Å². The summed E-state index contributed by atoms with van der Waals surface area (Å²) in [5.74, 6) is 0.821. The number of hydrogen-bond donors (Lipinski definition) is 2. The Morgan fingerprint density at radius 1 is 1.18 bits per heavy atom. The first-order valence-corrected chi connectivity index (χ1v) is 10.5. The van der Waals surface area contributed by atoms with Gasteiger partial charge in [-0.3, -0.25) is 4.68 Å². The van der Waals surface area contributed by atoms with Crippen molar-refractivity contribution in [1.82, 2.24) is 20.0 Å². The molecule has 0 spiro atoms. The van der Waals surface area contributed by atoms with Crippen LogP contribution in [-0.2, 0) is 20.0 Å². The van der Waals surface area contributed by atoms with Crippen LogP contribution >= 0.6 is 0 Å². The maximum Gasteiger partial charge on any atom is 0.119 e. The van der Waals surface area contributed by atoms with Gasteiger partial charge in [0.15, 0.2) is 0 Å². The van der Waals surface area contributed by atoms with Crippen LogP contribution in [0.2, 0.25) is 0 Å². The van der Waals surface area contributed by atoms with E-state index in [9.17, 15) is 5.11 Å². The molecule has 3 rings (SSSR count). The average molecular weight is 387 g/mol. The molecule has 2 aromatic rings. The predicted molar refractivity (Wildman–Crippen MR) is 111 cm³/mol. The molecule has 2 heterocycles. The molecule has 1 aromatic heterocycles. The molecular weight excluding hydrogens is 352 g/mol. The second-order valence-corrected chi connectivity index (χ2v) is 7.78. The fraction of sp³-hybridized carbons (Fsp3) is 0.591. The molecule has 1 atom stereocenters. The molecule has 1 aliphatic rings. The molecule has 0 aliphatic carbocycles. The van der Waals surface area contributed by atoms with Crippen molar-refractivity contribution in [3.63, 3.8) is 0 Å². The van der Waals surface area contributed by atoms with Gasteiger partial charge in [-0.05, 0) is 62.2 Å². The van der Waals surface area contributed by atoms with E-state index in [0.717, 1.165) is 38.3 Å². The first-order valence-electron chi connectivity index (χ1n) is 10.5. The molecule has 1 aliphatic heterocycles. The number of hydrogen-bond acceptors (Lipinski definition) is 5. The average Bonchev–Trinajstić information content (AvgIpc) is 2.94. The summed E-state index contributed by atoms with van der Waals surface area (Å²) in [6.07, 6.45) is 9.58. The van der Waals surface area contributed by atoms with E-state index in [2.05, 4.69) is 27.4 Å². The Kier molecular flexibility index (Phi) is 8.33. The molecular formula is C22H34N4O2.